The summed E-state index contributed by atoms with van der Waals surface area (Å²) in [6, 6.07) is 5.45. The van der Waals surface area contributed by atoms with Crippen LogP contribution in [0.2, 0.25) is 10.0 Å². The molecule has 0 spiro atoms. The summed E-state index contributed by atoms with van der Waals surface area (Å²) in [6.45, 7) is 6.14. The lowest BCUT2D eigenvalue weighted by atomic mass is 10.1. The first-order chi connectivity index (χ1) is 11.1. The molecular weight excluding hydrogens is 331 g/mol. The lowest BCUT2D eigenvalue weighted by Gasteiger charge is -2.30. The number of rotatable bonds is 3. The maximum atomic E-state index is 6.34. The SMILES string of the molecule is C/C(=C\c1cncnc1-c1ccc(Cl)cc1Cl)N1CCNCC1. The number of nitrogens with zero attached hydrogens (tertiary/aromatic N) is 3. The molecule has 2 heterocycles. The number of allylic oxidation sites excluding steroid dienone is 1. The summed E-state index contributed by atoms with van der Waals surface area (Å²) in [5, 5.41) is 4.56. The highest BCUT2D eigenvalue weighted by Gasteiger charge is 2.13. The van der Waals surface area contributed by atoms with Crippen molar-refractivity contribution in [3.63, 3.8) is 0 Å². The van der Waals surface area contributed by atoms with E-state index in [1.165, 1.54) is 12.0 Å². The number of nitrogens with one attached hydrogen (secondary N) is 1. The third-order valence-corrected chi connectivity index (χ3v) is 4.45. The van der Waals surface area contributed by atoms with Crippen LogP contribution < -0.4 is 5.32 Å². The van der Waals surface area contributed by atoms with Gasteiger partial charge in [-0.2, -0.15) is 0 Å². The first-order valence-electron chi connectivity index (χ1n) is 7.54. The van der Waals surface area contributed by atoms with E-state index in [9.17, 15) is 0 Å². The lowest BCUT2D eigenvalue weighted by Crippen LogP contribution is -2.42. The molecule has 0 atom stereocenters. The van der Waals surface area contributed by atoms with Crippen molar-refractivity contribution in [3.05, 3.63) is 52.0 Å². The molecule has 4 nitrogen and oxygen atoms in total. The Bertz CT molecular complexity index is 724. The smallest absolute Gasteiger partial charge is 0.116 e. The van der Waals surface area contributed by atoms with Gasteiger partial charge in [0, 0.05) is 54.2 Å². The third-order valence-electron chi connectivity index (χ3n) is 3.91. The molecule has 0 saturated carbocycles. The molecule has 1 fully saturated rings. The number of aromatic nitrogens is 2. The van der Waals surface area contributed by atoms with Crippen molar-refractivity contribution in [3.8, 4) is 11.3 Å². The van der Waals surface area contributed by atoms with Crippen molar-refractivity contribution in [2.45, 2.75) is 6.92 Å². The van der Waals surface area contributed by atoms with Crippen LogP contribution in [0.4, 0.5) is 0 Å². The van der Waals surface area contributed by atoms with Gasteiger partial charge in [-0.3, -0.25) is 0 Å². The molecule has 120 valence electrons. The molecule has 1 aromatic carbocycles. The van der Waals surface area contributed by atoms with E-state index in [0.29, 0.717) is 10.0 Å². The van der Waals surface area contributed by atoms with E-state index in [1.54, 1.807) is 6.07 Å². The molecule has 3 rings (SSSR count). The molecule has 2 aromatic rings. The highest BCUT2D eigenvalue weighted by atomic mass is 35.5. The van der Waals surface area contributed by atoms with Crippen LogP contribution >= 0.6 is 23.2 Å². The summed E-state index contributed by atoms with van der Waals surface area (Å²) < 4.78 is 0. The monoisotopic (exact) mass is 348 g/mol. The zero-order valence-electron chi connectivity index (χ0n) is 12.9. The molecule has 1 N–H and O–H groups in total. The maximum Gasteiger partial charge on any atom is 0.116 e. The molecule has 1 aromatic heterocycles. The number of piperazine rings is 1. The van der Waals surface area contributed by atoms with Crippen LogP contribution in [0.1, 0.15) is 12.5 Å². The summed E-state index contributed by atoms with van der Waals surface area (Å²) in [5.41, 5.74) is 3.83. The van der Waals surface area contributed by atoms with Crippen LogP contribution in [0.5, 0.6) is 0 Å². The number of hydrogen-bond acceptors (Lipinski definition) is 4. The van der Waals surface area contributed by atoms with Gasteiger partial charge in [-0.15, -0.1) is 0 Å². The van der Waals surface area contributed by atoms with Gasteiger partial charge in [0.1, 0.15) is 6.33 Å². The van der Waals surface area contributed by atoms with Crippen LogP contribution in [-0.4, -0.2) is 41.0 Å². The van der Waals surface area contributed by atoms with E-state index in [2.05, 4.69) is 33.2 Å². The Morgan fingerprint density at radius 1 is 1.26 bits per heavy atom. The topological polar surface area (TPSA) is 41.1 Å². The molecule has 0 aliphatic carbocycles. The second-order valence-corrected chi connectivity index (χ2v) is 6.32. The van der Waals surface area contributed by atoms with Gasteiger partial charge in [0.05, 0.1) is 10.7 Å². The van der Waals surface area contributed by atoms with Crippen molar-refractivity contribution in [1.29, 1.82) is 0 Å². The van der Waals surface area contributed by atoms with Crippen LogP contribution in [0.25, 0.3) is 17.3 Å². The number of halogens is 2. The van der Waals surface area contributed by atoms with Gasteiger partial charge in [-0.05, 0) is 31.2 Å². The molecule has 0 amide bonds. The third kappa shape index (κ3) is 3.83. The van der Waals surface area contributed by atoms with Gasteiger partial charge in [0.15, 0.2) is 0 Å². The zero-order chi connectivity index (χ0) is 16.2. The summed E-state index contributed by atoms with van der Waals surface area (Å²) in [4.78, 5) is 10.9. The van der Waals surface area contributed by atoms with Crippen molar-refractivity contribution in [1.82, 2.24) is 20.2 Å². The molecule has 0 radical (unpaired) electrons. The molecule has 1 saturated heterocycles. The minimum Gasteiger partial charge on any atom is -0.372 e. The first kappa shape index (κ1) is 16.2. The Morgan fingerprint density at radius 3 is 2.78 bits per heavy atom. The van der Waals surface area contributed by atoms with Crippen molar-refractivity contribution >= 4 is 29.3 Å². The summed E-state index contributed by atoms with van der Waals surface area (Å²) in [7, 11) is 0. The summed E-state index contributed by atoms with van der Waals surface area (Å²) >= 11 is 12.3. The largest absolute Gasteiger partial charge is 0.372 e. The molecule has 0 bridgehead atoms. The highest BCUT2D eigenvalue weighted by molar-refractivity contribution is 6.36. The summed E-state index contributed by atoms with van der Waals surface area (Å²) in [5.74, 6) is 0. The Labute approximate surface area is 146 Å². The Hall–Kier alpha value is -1.62. The Morgan fingerprint density at radius 2 is 2.04 bits per heavy atom. The predicted octanol–water partition coefficient (Wildman–Crippen LogP) is 3.72. The van der Waals surface area contributed by atoms with E-state index in [4.69, 9.17) is 23.2 Å². The van der Waals surface area contributed by atoms with Gasteiger partial charge >= 0.3 is 0 Å². The second kappa shape index (κ2) is 7.30. The van der Waals surface area contributed by atoms with E-state index in [-0.39, 0.29) is 0 Å². The highest BCUT2D eigenvalue weighted by Crippen LogP contribution is 2.31. The van der Waals surface area contributed by atoms with E-state index >= 15 is 0 Å². The average molecular weight is 349 g/mol. The van der Waals surface area contributed by atoms with Crippen molar-refractivity contribution in [2.24, 2.45) is 0 Å². The minimum atomic E-state index is 0.589. The maximum absolute atomic E-state index is 6.34. The minimum absolute atomic E-state index is 0.589. The van der Waals surface area contributed by atoms with E-state index in [1.807, 2.05) is 18.3 Å². The van der Waals surface area contributed by atoms with Crippen LogP contribution in [0.3, 0.4) is 0 Å². The normalized spacial score (nSPS) is 15.8. The average Bonchev–Trinajstić information content (AvgIpc) is 2.56. The van der Waals surface area contributed by atoms with E-state index in [0.717, 1.165) is 43.0 Å². The van der Waals surface area contributed by atoms with Gasteiger partial charge < -0.3 is 10.2 Å². The summed E-state index contributed by atoms with van der Waals surface area (Å²) in [6.07, 6.45) is 5.47. The zero-order valence-corrected chi connectivity index (χ0v) is 14.4. The van der Waals surface area contributed by atoms with Gasteiger partial charge in [0.2, 0.25) is 0 Å². The lowest BCUT2D eigenvalue weighted by molar-refractivity contribution is 0.302. The fourth-order valence-corrected chi connectivity index (χ4v) is 3.18. The van der Waals surface area contributed by atoms with Gasteiger partial charge in [0.25, 0.3) is 0 Å². The first-order valence-corrected chi connectivity index (χ1v) is 8.30. The van der Waals surface area contributed by atoms with Crippen LogP contribution in [0.15, 0.2) is 36.4 Å². The quantitative estimate of drug-likeness (QED) is 0.917. The fourth-order valence-electron chi connectivity index (χ4n) is 2.69. The second-order valence-electron chi connectivity index (χ2n) is 5.47. The molecule has 1 aliphatic rings. The number of benzene rings is 1. The molecule has 23 heavy (non-hydrogen) atoms. The molecular formula is C17H18Cl2N4. The Balaban J connectivity index is 1.97. The fraction of sp³-hybridized carbons (Fsp3) is 0.294. The standard InChI is InChI=1S/C17H18Cl2N4/c1-12(23-6-4-20-5-7-23)8-13-10-21-11-22-17(13)15-3-2-14(18)9-16(15)19/h2-3,8-11,20H,4-7H2,1H3/b12-8+. The van der Waals surface area contributed by atoms with Crippen LogP contribution in [0, 0.1) is 0 Å². The predicted molar refractivity (Wildman–Crippen MR) is 95.6 cm³/mol. The van der Waals surface area contributed by atoms with Gasteiger partial charge in [-0.1, -0.05) is 23.2 Å². The van der Waals surface area contributed by atoms with Crippen molar-refractivity contribution in [2.75, 3.05) is 26.2 Å². The molecule has 0 unspecified atom stereocenters. The van der Waals surface area contributed by atoms with E-state index < -0.39 is 0 Å². The van der Waals surface area contributed by atoms with Crippen molar-refractivity contribution < 1.29 is 0 Å². The molecule has 6 heteroatoms. The van der Waals surface area contributed by atoms with Crippen LogP contribution in [-0.2, 0) is 0 Å². The number of hydrogen-bond donors (Lipinski definition) is 1. The molecule has 1 aliphatic heterocycles. The van der Waals surface area contributed by atoms with Gasteiger partial charge in [-0.25, -0.2) is 9.97 Å². The Kier molecular flexibility index (Phi) is 5.16.